The van der Waals surface area contributed by atoms with Crippen LogP contribution in [0.3, 0.4) is 0 Å². The number of aliphatic imine (C=N–C) groups is 1. The van der Waals surface area contributed by atoms with Crippen molar-refractivity contribution in [3.05, 3.63) is 103 Å². The number of benzene rings is 3. The van der Waals surface area contributed by atoms with Gasteiger partial charge in [-0.3, -0.25) is 19.8 Å². The van der Waals surface area contributed by atoms with E-state index in [1.165, 1.54) is 36.0 Å². The first-order valence-electron chi connectivity index (χ1n) is 11.0. The molecule has 0 saturated carbocycles. The molecule has 3 aromatic rings. The molecule has 1 fully saturated rings. The van der Waals surface area contributed by atoms with Crippen molar-refractivity contribution in [2.75, 3.05) is 6.54 Å². The van der Waals surface area contributed by atoms with E-state index in [1.807, 2.05) is 19.1 Å². The number of non-ortho nitro benzene ring substituents is 1. The van der Waals surface area contributed by atoms with Crippen molar-refractivity contribution in [2.45, 2.75) is 13.5 Å². The predicted octanol–water partition coefficient (Wildman–Crippen LogP) is 6.26. The molecule has 37 heavy (non-hydrogen) atoms. The zero-order valence-corrected chi connectivity index (χ0v) is 21.9. The summed E-state index contributed by atoms with van der Waals surface area (Å²) >= 11 is 4.72. The Bertz CT molecular complexity index is 1440. The molecule has 1 amide bonds. The molecule has 1 N–H and O–H groups in total. The number of carbonyl (C=O) groups excluding carboxylic acids is 1. The maximum Gasteiger partial charge on any atom is 0.335 e. The molecule has 0 radical (unpaired) electrons. The normalized spacial score (nSPS) is 15.4. The van der Waals surface area contributed by atoms with E-state index in [-0.39, 0.29) is 23.8 Å². The van der Waals surface area contributed by atoms with Crippen LogP contribution in [0.4, 0.5) is 11.4 Å². The molecule has 0 aliphatic carbocycles. The monoisotopic (exact) mass is 581 g/mol. The van der Waals surface area contributed by atoms with Crippen molar-refractivity contribution in [2.24, 2.45) is 4.99 Å². The minimum absolute atomic E-state index is 0.0188. The minimum Gasteiger partial charge on any atom is -0.488 e. The highest BCUT2D eigenvalue weighted by atomic mass is 79.9. The number of nitrogens with zero attached hydrogens (tertiary/aromatic N) is 3. The van der Waals surface area contributed by atoms with Crippen molar-refractivity contribution in [3.63, 3.8) is 0 Å². The standard InChI is InChI=1S/C26H20BrN3O6S/c1-2-29-24(31)23(37-26(29)28-19-5-3-4-18(14-19)25(32)33)13-17-8-11-22(21(27)12-17)36-15-16-6-9-20(10-7-16)30(34)35/h3-14H,2,15H2,1H3,(H,32,33). The van der Waals surface area contributed by atoms with Crippen LogP contribution < -0.4 is 4.74 Å². The van der Waals surface area contributed by atoms with E-state index in [9.17, 15) is 24.8 Å². The average molecular weight is 582 g/mol. The first kappa shape index (κ1) is 26.1. The first-order valence-corrected chi connectivity index (χ1v) is 12.6. The molecule has 9 nitrogen and oxygen atoms in total. The van der Waals surface area contributed by atoms with Crippen LogP contribution in [0.5, 0.6) is 5.75 Å². The zero-order chi connectivity index (χ0) is 26.5. The second-order valence-corrected chi connectivity index (χ2v) is 9.68. The number of rotatable bonds is 8. The quantitative estimate of drug-likeness (QED) is 0.189. The molecule has 1 aliphatic heterocycles. The Morgan fingerprint density at radius 2 is 1.95 bits per heavy atom. The molecule has 0 unspecified atom stereocenters. The topological polar surface area (TPSA) is 122 Å². The van der Waals surface area contributed by atoms with Crippen LogP contribution in [0.1, 0.15) is 28.4 Å². The summed E-state index contributed by atoms with van der Waals surface area (Å²) in [5.41, 5.74) is 2.15. The fourth-order valence-corrected chi connectivity index (χ4v) is 5.01. The van der Waals surface area contributed by atoms with Crippen molar-refractivity contribution in [1.29, 1.82) is 0 Å². The van der Waals surface area contributed by atoms with Gasteiger partial charge in [0, 0.05) is 18.7 Å². The highest BCUT2D eigenvalue weighted by molar-refractivity contribution is 9.10. The molecule has 0 bridgehead atoms. The van der Waals surface area contributed by atoms with Gasteiger partial charge in [0.15, 0.2) is 5.17 Å². The van der Waals surface area contributed by atoms with Crippen LogP contribution in [-0.2, 0) is 11.4 Å². The molecule has 1 saturated heterocycles. The number of carbonyl (C=O) groups is 2. The lowest BCUT2D eigenvalue weighted by molar-refractivity contribution is -0.384. The summed E-state index contributed by atoms with van der Waals surface area (Å²) in [6, 6.07) is 17.8. The molecular weight excluding hydrogens is 562 g/mol. The average Bonchev–Trinajstić information content (AvgIpc) is 3.17. The zero-order valence-electron chi connectivity index (χ0n) is 19.5. The molecule has 3 aromatic carbocycles. The number of halogens is 1. The number of carboxylic acid groups (broad SMARTS) is 1. The van der Waals surface area contributed by atoms with Gasteiger partial charge in [-0.25, -0.2) is 9.79 Å². The Morgan fingerprint density at radius 1 is 1.19 bits per heavy atom. The Labute approximate surface area is 224 Å². The largest absolute Gasteiger partial charge is 0.488 e. The molecule has 0 aromatic heterocycles. The second kappa shape index (κ2) is 11.4. The number of carboxylic acids is 1. The summed E-state index contributed by atoms with van der Waals surface area (Å²) in [4.78, 5) is 41.1. The number of hydrogen-bond donors (Lipinski definition) is 1. The molecule has 188 valence electrons. The van der Waals surface area contributed by atoms with Crippen LogP contribution >= 0.6 is 27.7 Å². The molecule has 4 rings (SSSR count). The van der Waals surface area contributed by atoms with Crippen LogP contribution in [0, 0.1) is 10.1 Å². The Morgan fingerprint density at radius 3 is 2.59 bits per heavy atom. The third kappa shape index (κ3) is 6.25. The first-order chi connectivity index (χ1) is 17.7. The number of amidine groups is 1. The Hall–Kier alpha value is -3.96. The van der Waals surface area contributed by atoms with Crippen LogP contribution in [-0.4, -0.2) is 38.5 Å². The lowest BCUT2D eigenvalue weighted by Crippen LogP contribution is -2.28. The Kier molecular flexibility index (Phi) is 8.04. The number of aromatic carboxylic acids is 1. The fraction of sp³-hybridized carbons (Fsp3) is 0.115. The molecule has 11 heteroatoms. The summed E-state index contributed by atoms with van der Waals surface area (Å²) < 4.78 is 6.52. The van der Waals surface area contributed by atoms with Gasteiger partial charge in [0.1, 0.15) is 12.4 Å². The molecular formula is C26H20BrN3O6S. The number of nitro groups is 1. The highest BCUT2D eigenvalue weighted by Crippen LogP contribution is 2.35. The van der Waals surface area contributed by atoms with Crippen LogP contribution in [0.2, 0.25) is 0 Å². The number of ether oxygens (including phenoxy) is 1. The van der Waals surface area contributed by atoms with E-state index in [4.69, 9.17) is 4.74 Å². The van der Waals surface area contributed by atoms with E-state index < -0.39 is 10.9 Å². The van der Waals surface area contributed by atoms with Gasteiger partial charge in [-0.1, -0.05) is 12.1 Å². The van der Waals surface area contributed by atoms with Crippen LogP contribution in [0.15, 0.2) is 81.1 Å². The fourth-order valence-electron chi connectivity index (χ4n) is 3.44. The van der Waals surface area contributed by atoms with Gasteiger partial charge in [-0.2, -0.15) is 0 Å². The van der Waals surface area contributed by atoms with E-state index in [0.29, 0.717) is 32.5 Å². The summed E-state index contributed by atoms with van der Waals surface area (Å²) in [5.74, 6) is -0.646. The maximum absolute atomic E-state index is 13.0. The van der Waals surface area contributed by atoms with Crippen molar-refractivity contribution in [3.8, 4) is 5.75 Å². The van der Waals surface area contributed by atoms with E-state index in [2.05, 4.69) is 20.9 Å². The smallest absolute Gasteiger partial charge is 0.335 e. The number of likely N-dealkylation sites (N-methyl/N-ethyl adjacent to an activating group) is 1. The SMILES string of the molecule is CCN1C(=O)C(=Cc2ccc(OCc3ccc([N+](=O)[O-])cc3)c(Br)c2)SC1=Nc1cccc(C(=O)O)c1. The molecule has 0 atom stereocenters. The predicted molar refractivity (Wildman–Crippen MR) is 145 cm³/mol. The molecule has 0 spiro atoms. The van der Waals surface area contributed by atoms with Crippen LogP contribution in [0.25, 0.3) is 6.08 Å². The Balaban J connectivity index is 1.49. The van der Waals surface area contributed by atoms with Gasteiger partial charge in [-0.05, 0) is 94.3 Å². The lowest BCUT2D eigenvalue weighted by Gasteiger charge is -2.12. The van der Waals surface area contributed by atoms with Crippen molar-refractivity contribution < 1.29 is 24.4 Å². The molecule has 1 heterocycles. The summed E-state index contributed by atoms with van der Waals surface area (Å²) in [7, 11) is 0. The molecule has 1 aliphatic rings. The third-order valence-corrected chi connectivity index (χ3v) is 6.94. The number of hydrogen-bond acceptors (Lipinski definition) is 7. The van der Waals surface area contributed by atoms with Gasteiger partial charge >= 0.3 is 5.97 Å². The van der Waals surface area contributed by atoms with Gasteiger partial charge in [0.2, 0.25) is 0 Å². The van der Waals surface area contributed by atoms with Gasteiger partial charge in [0.05, 0.1) is 25.6 Å². The van der Waals surface area contributed by atoms with Gasteiger partial charge in [0.25, 0.3) is 11.6 Å². The summed E-state index contributed by atoms with van der Waals surface area (Å²) in [6.45, 7) is 2.50. The minimum atomic E-state index is -1.05. The van der Waals surface area contributed by atoms with E-state index in [1.54, 1.807) is 41.3 Å². The van der Waals surface area contributed by atoms with Crippen molar-refractivity contribution >= 4 is 62.2 Å². The van der Waals surface area contributed by atoms with Gasteiger partial charge in [-0.15, -0.1) is 0 Å². The summed E-state index contributed by atoms with van der Waals surface area (Å²) in [6.07, 6.45) is 1.76. The maximum atomic E-state index is 13.0. The second-order valence-electron chi connectivity index (χ2n) is 7.81. The number of amides is 1. The lowest BCUT2D eigenvalue weighted by atomic mass is 10.2. The number of thioether (sulfide) groups is 1. The number of nitro benzene ring substituents is 1. The highest BCUT2D eigenvalue weighted by Gasteiger charge is 2.32. The van der Waals surface area contributed by atoms with E-state index >= 15 is 0 Å². The van der Waals surface area contributed by atoms with E-state index in [0.717, 1.165) is 11.1 Å². The van der Waals surface area contributed by atoms with Gasteiger partial charge < -0.3 is 9.84 Å². The third-order valence-electron chi connectivity index (χ3n) is 5.32. The summed E-state index contributed by atoms with van der Waals surface area (Å²) in [5, 5.41) is 20.5. The van der Waals surface area contributed by atoms with Crippen molar-refractivity contribution in [1.82, 2.24) is 4.90 Å².